The Hall–Kier alpha value is -3.35. The highest BCUT2D eigenvalue weighted by Gasteiger charge is 2.39. The summed E-state index contributed by atoms with van der Waals surface area (Å²) in [6.07, 6.45) is 3.21. The van der Waals surface area contributed by atoms with E-state index in [9.17, 15) is 14.4 Å². The molecule has 3 heterocycles. The Morgan fingerprint density at radius 1 is 1.17 bits per heavy atom. The molecular formula is C23H26N4O3. The van der Waals surface area contributed by atoms with Gasteiger partial charge in [0.05, 0.1) is 6.54 Å². The molecular weight excluding hydrogens is 380 g/mol. The van der Waals surface area contributed by atoms with Crippen molar-refractivity contribution >= 4 is 28.6 Å². The lowest BCUT2D eigenvalue weighted by Gasteiger charge is -2.13. The molecule has 1 fully saturated rings. The number of hydrogen-bond acceptors (Lipinski definition) is 3. The minimum atomic E-state index is -0.669. The zero-order chi connectivity index (χ0) is 21.4. The van der Waals surface area contributed by atoms with Crippen LogP contribution in [0.4, 0.5) is 4.79 Å². The van der Waals surface area contributed by atoms with Crippen LogP contribution in [0.25, 0.3) is 10.9 Å². The molecule has 156 valence electrons. The molecule has 1 saturated heterocycles. The molecule has 1 aliphatic heterocycles. The fraction of sp³-hybridized carbons (Fsp3) is 0.348. The molecule has 0 bridgehead atoms. The van der Waals surface area contributed by atoms with Crippen molar-refractivity contribution in [2.75, 3.05) is 6.54 Å². The van der Waals surface area contributed by atoms with Crippen molar-refractivity contribution < 1.29 is 14.4 Å². The van der Waals surface area contributed by atoms with Crippen LogP contribution in [0.5, 0.6) is 0 Å². The number of imide groups is 1. The van der Waals surface area contributed by atoms with Gasteiger partial charge in [-0.25, -0.2) is 4.79 Å². The number of aromatic nitrogens is 2. The van der Waals surface area contributed by atoms with E-state index in [2.05, 4.69) is 21.8 Å². The highest BCUT2D eigenvalue weighted by Crippen LogP contribution is 2.22. The number of carbonyl (C=O) groups excluding carboxylic acids is 3. The normalized spacial score (nSPS) is 16.5. The molecule has 30 heavy (non-hydrogen) atoms. The number of carbonyl (C=O) groups is 3. The van der Waals surface area contributed by atoms with Gasteiger partial charge in [-0.2, -0.15) is 0 Å². The minimum absolute atomic E-state index is 0.221. The average Bonchev–Trinajstić information content (AvgIpc) is 3.34. The number of aromatic amines is 1. The van der Waals surface area contributed by atoms with E-state index >= 15 is 0 Å². The van der Waals surface area contributed by atoms with Crippen LogP contribution in [0, 0.1) is 13.8 Å². The van der Waals surface area contributed by atoms with Crippen LogP contribution in [0.2, 0.25) is 0 Å². The predicted octanol–water partition coefficient (Wildman–Crippen LogP) is 3.34. The fourth-order valence-electron chi connectivity index (χ4n) is 4.27. The second-order valence-corrected chi connectivity index (χ2v) is 7.85. The van der Waals surface area contributed by atoms with E-state index in [1.54, 1.807) is 0 Å². The van der Waals surface area contributed by atoms with Crippen LogP contribution >= 0.6 is 0 Å². The number of nitrogens with zero attached hydrogens (tertiary/aromatic N) is 2. The number of hydrogen-bond donors (Lipinski definition) is 2. The number of rotatable bonds is 7. The summed E-state index contributed by atoms with van der Waals surface area (Å²) in [5.41, 5.74) is 4.40. The first-order valence-corrected chi connectivity index (χ1v) is 10.3. The first-order valence-electron chi connectivity index (χ1n) is 10.3. The van der Waals surface area contributed by atoms with Crippen LogP contribution in [0.15, 0.2) is 36.5 Å². The van der Waals surface area contributed by atoms with E-state index in [0.29, 0.717) is 12.0 Å². The first-order chi connectivity index (χ1) is 14.4. The Labute approximate surface area is 175 Å². The zero-order valence-corrected chi connectivity index (χ0v) is 17.5. The third-order valence-electron chi connectivity index (χ3n) is 5.83. The van der Waals surface area contributed by atoms with Gasteiger partial charge < -0.3 is 14.9 Å². The molecule has 3 aromatic rings. The second-order valence-electron chi connectivity index (χ2n) is 7.85. The molecule has 7 nitrogen and oxygen atoms in total. The summed E-state index contributed by atoms with van der Waals surface area (Å²) in [7, 11) is 0. The van der Waals surface area contributed by atoms with Crippen molar-refractivity contribution in [3.05, 3.63) is 59.0 Å². The number of urea groups is 1. The molecule has 2 aromatic heterocycles. The van der Waals surface area contributed by atoms with Gasteiger partial charge in [0, 0.05) is 47.0 Å². The van der Waals surface area contributed by atoms with Crippen molar-refractivity contribution in [2.45, 2.75) is 46.2 Å². The van der Waals surface area contributed by atoms with Crippen LogP contribution < -0.4 is 5.32 Å². The summed E-state index contributed by atoms with van der Waals surface area (Å²) >= 11 is 0. The van der Waals surface area contributed by atoms with Crippen molar-refractivity contribution in [2.24, 2.45) is 0 Å². The summed E-state index contributed by atoms with van der Waals surface area (Å²) in [4.78, 5) is 42.4. The van der Waals surface area contributed by atoms with E-state index in [1.165, 1.54) is 0 Å². The number of benzene rings is 1. The maximum absolute atomic E-state index is 12.9. The summed E-state index contributed by atoms with van der Waals surface area (Å²) in [6.45, 7) is 6.54. The molecule has 3 amide bonds. The van der Waals surface area contributed by atoms with Gasteiger partial charge in [0.15, 0.2) is 5.78 Å². The number of ketones is 1. The Bertz CT molecular complexity index is 1140. The minimum Gasteiger partial charge on any atom is -0.361 e. The molecule has 2 N–H and O–H groups in total. The number of Topliss-reactive ketones (excluding diaryl/α,β-unsaturated/α-hetero) is 1. The van der Waals surface area contributed by atoms with E-state index in [4.69, 9.17) is 0 Å². The zero-order valence-electron chi connectivity index (χ0n) is 17.5. The molecule has 4 rings (SSSR count). The molecule has 0 spiro atoms. The largest absolute Gasteiger partial charge is 0.361 e. The highest BCUT2D eigenvalue weighted by molar-refractivity contribution is 6.09. The van der Waals surface area contributed by atoms with Gasteiger partial charge in [0.25, 0.3) is 5.91 Å². The number of para-hydroxylation sites is 1. The second kappa shape index (κ2) is 7.82. The number of amides is 3. The number of aryl methyl sites for hydroxylation is 1. The molecule has 7 heteroatoms. The van der Waals surface area contributed by atoms with Gasteiger partial charge in [-0.1, -0.05) is 25.1 Å². The quantitative estimate of drug-likeness (QED) is 0.466. The lowest BCUT2D eigenvalue weighted by Crippen LogP contribution is -2.36. The van der Waals surface area contributed by atoms with Crippen LogP contribution in [-0.4, -0.2) is 44.8 Å². The third-order valence-corrected chi connectivity index (χ3v) is 5.83. The maximum atomic E-state index is 12.9. The molecule has 1 unspecified atom stereocenters. The molecule has 0 radical (unpaired) electrons. The molecule has 0 aliphatic carbocycles. The average molecular weight is 406 g/mol. The number of nitrogens with one attached hydrogen (secondary N) is 2. The molecule has 0 saturated carbocycles. The van der Waals surface area contributed by atoms with E-state index in [-0.39, 0.29) is 18.2 Å². The SMILES string of the molecule is CCCn1c(C)cc(C(=O)CN2C(=O)NC(Cc3c[nH]c4ccccc34)C2=O)c1C. The number of fused-ring (bicyclic) bond motifs is 1. The van der Waals surface area contributed by atoms with E-state index in [0.717, 1.165) is 45.7 Å². The van der Waals surface area contributed by atoms with Crippen molar-refractivity contribution in [1.82, 2.24) is 19.8 Å². The first kappa shape index (κ1) is 19.9. The Balaban J connectivity index is 1.49. The lowest BCUT2D eigenvalue weighted by atomic mass is 10.0. The van der Waals surface area contributed by atoms with E-state index in [1.807, 2.05) is 50.4 Å². The van der Waals surface area contributed by atoms with Gasteiger partial charge in [-0.15, -0.1) is 0 Å². The van der Waals surface area contributed by atoms with Gasteiger partial charge in [-0.3, -0.25) is 14.5 Å². The van der Waals surface area contributed by atoms with Crippen molar-refractivity contribution in [3.8, 4) is 0 Å². The van der Waals surface area contributed by atoms with E-state index < -0.39 is 12.1 Å². The lowest BCUT2D eigenvalue weighted by molar-refractivity contribution is -0.127. The number of H-pyrrole nitrogens is 1. The van der Waals surface area contributed by atoms with Crippen molar-refractivity contribution in [1.29, 1.82) is 0 Å². The standard InChI is InChI=1S/C23H26N4O3/c1-4-9-26-14(2)10-18(15(26)3)21(28)13-27-22(29)20(25-23(27)30)11-16-12-24-19-8-6-5-7-17(16)19/h5-8,10,12,20,24H,4,9,11,13H2,1-3H3,(H,25,30). The molecule has 1 aliphatic rings. The Morgan fingerprint density at radius 2 is 1.93 bits per heavy atom. The summed E-state index contributed by atoms with van der Waals surface area (Å²) < 4.78 is 2.10. The van der Waals surface area contributed by atoms with Gasteiger partial charge in [-0.05, 0) is 38.0 Å². The van der Waals surface area contributed by atoms with Gasteiger partial charge in [0.1, 0.15) is 6.04 Å². The van der Waals surface area contributed by atoms with Gasteiger partial charge >= 0.3 is 6.03 Å². The fourth-order valence-corrected chi connectivity index (χ4v) is 4.27. The maximum Gasteiger partial charge on any atom is 0.325 e. The molecule has 1 aromatic carbocycles. The van der Waals surface area contributed by atoms with Gasteiger partial charge in [0.2, 0.25) is 0 Å². The Morgan fingerprint density at radius 3 is 2.70 bits per heavy atom. The Kier molecular flexibility index (Phi) is 5.20. The third kappa shape index (κ3) is 3.40. The monoisotopic (exact) mass is 406 g/mol. The van der Waals surface area contributed by atoms with Crippen LogP contribution in [0.3, 0.4) is 0 Å². The van der Waals surface area contributed by atoms with Crippen LogP contribution in [0.1, 0.15) is 40.7 Å². The summed E-state index contributed by atoms with van der Waals surface area (Å²) in [6, 6.07) is 8.49. The summed E-state index contributed by atoms with van der Waals surface area (Å²) in [5, 5.41) is 3.76. The smallest absolute Gasteiger partial charge is 0.325 e. The molecule has 1 atom stereocenters. The predicted molar refractivity (Wildman–Crippen MR) is 115 cm³/mol. The summed E-state index contributed by atoms with van der Waals surface area (Å²) in [5.74, 6) is -0.581. The van der Waals surface area contributed by atoms with Crippen molar-refractivity contribution in [3.63, 3.8) is 0 Å². The van der Waals surface area contributed by atoms with Crippen LogP contribution in [-0.2, 0) is 17.8 Å². The highest BCUT2D eigenvalue weighted by atomic mass is 16.2. The topological polar surface area (TPSA) is 87.2 Å².